The van der Waals surface area contributed by atoms with Gasteiger partial charge in [0.05, 0.1) is 6.54 Å². The van der Waals surface area contributed by atoms with Crippen molar-refractivity contribution in [3.05, 3.63) is 0 Å². The van der Waals surface area contributed by atoms with Crippen molar-refractivity contribution in [3.63, 3.8) is 0 Å². The number of hydrogen-bond acceptors (Lipinski definition) is 2. The van der Waals surface area contributed by atoms with Crippen LogP contribution in [0.4, 0.5) is 0 Å². The third kappa shape index (κ3) is 12.3. The highest BCUT2D eigenvalue weighted by molar-refractivity contribution is 5.80. The van der Waals surface area contributed by atoms with Gasteiger partial charge in [0, 0.05) is 24.7 Å². The predicted molar refractivity (Wildman–Crippen MR) is 90.5 cm³/mol. The van der Waals surface area contributed by atoms with Crippen LogP contribution in [0.25, 0.3) is 0 Å². The van der Waals surface area contributed by atoms with E-state index in [0.29, 0.717) is 6.04 Å². The Hall–Kier alpha value is -0.770. The summed E-state index contributed by atoms with van der Waals surface area (Å²) in [5.41, 5.74) is 0.161. The van der Waals surface area contributed by atoms with Crippen LogP contribution in [0.3, 0.4) is 0 Å². The fourth-order valence-electron chi connectivity index (χ4n) is 1.92. The summed E-state index contributed by atoms with van der Waals surface area (Å²) in [4.78, 5) is 4.62. The zero-order chi connectivity index (χ0) is 15.4. The molecule has 0 radical (unpaired) electrons. The van der Waals surface area contributed by atoms with Gasteiger partial charge in [-0.25, -0.2) is 0 Å². The molecule has 4 nitrogen and oxygen atoms in total. The summed E-state index contributed by atoms with van der Waals surface area (Å²) >= 11 is 0. The van der Waals surface area contributed by atoms with Crippen molar-refractivity contribution in [2.75, 3.05) is 19.6 Å². The zero-order valence-corrected chi connectivity index (χ0v) is 14.5. The normalized spacial score (nSPS) is 14.2. The molecule has 0 saturated heterocycles. The van der Waals surface area contributed by atoms with E-state index >= 15 is 0 Å². The summed E-state index contributed by atoms with van der Waals surface area (Å²) < 4.78 is 0. The van der Waals surface area contributed by atoms with Gasteiger partial charge >= 0.3 is 0 Å². The molecule has 0 aliphatic heterocycles. The molecule has 1 unspecified atom stereocenters. The first-order valence-corrected chi connectivity index (χ1v) is 8.19. The standard InChI is InChI=1S/C16H36N4/c1-7-9-10-11-14(3)20-15(17-8-2)18-12-13-19-16(4,5)6/h14,19H,7-13H2,1-6H3,(H2,17,18,20). The maximum atomic E-state index is 4.62. The first-order valence-electron chi connectivity index (χ1n) is 8.19. The average molecular weight is 284 g/mol. The van der Waals surface area contributed by atoms with Crippen LogP contribution in [-0.2, 0) is 0 Å². The minimum Gasteiger partial charge on any atom is -0.357 e. The van der Waals surface area contributed by atoms with E-state index in [0.717, 1.165) is 25.6 Å². The lowest BCUT2D eigenvalue weighted by Gasteiger charge is -2.20. The number of aliphatic imine (C=N–C) groups is 1. The SMILES string of the molecule is CCCCCC(C)NC(=NCCNC(C)(C)C)NCC. The molecular weight excluding hydrogens is 248 g/mol. The van der Waals surface area contributed by atoms with E-state index in [1.807, 2.05) is 0 Å². The van der Waals surface area contributed by atoms with E-state index in [-0.39, 0.29) is 5.54 Å². The summed E-state index contributed by atoms with van der Waals surface area (Å²) in [6, 6.07) is 0.481. The fraction of sp³-hybridized carbons (Fsp3) is 0.938. The molecule has 0 aromatic carbocycles. The lowest BCUT2D eigenvalue weighted by atomic mass is 10.1. The average Bonchev–Trinajstić information content (AvgIpc) is 2.34. The van der Waals surface area contributed by atoms with Gasteiger partial charge in [-0.15, -0.1) is 0 Å². The third-order valence-electron chi connectivity index (χ3n) is 3.01. The molecule has 0 aliphatic carbocycles. The maximum absolute atomic E-state index is 4.62. The van der Waals surface area contributed by atoms with Crippen LogP contribution in [0.1, 0.15) is 67.2 Å². The molecule has 4 heteroatoms. The topological polar surface area (TPSA) is 48.5 Å². The number of unbranched alkanes of at least 4 members (excludes halogenated alkanes) is 2. The van der Waals surface area contributed by atoms with Crippen molar-refractivity contribution in [2.45, 2.75) is 78.8 Å². The van der Waals surface area contributed by atoms with Crippen molar-refractivity contribution in [2.24, 2.45) is 4.99 Å². The Balaban J connectivity index is 4.06. The fourth-order valence-corrected chi connectivity index (χ4v) is 1.92. The lowest BCUT2D eigenvalue weighted by molar-refractivity contribution is 0.432. The van der Waals surface area contributed by atoms with Crippen LogP contribution in [0.15, 0.2) is 4.99 Å². The van der Waals surface area contributed by atoms with Crippen molar-refractivity contribution in [1.82, 2.24) is 16.0 Å². The second-order valence-electron chi connectivity index (χ2n) is 6.48. The molecule has 0 aliphatic rings. The molecule has 0 aromatic rings. The summed E-state index contributed by atoms with van der Waals surface area (Å²) in [6.45, 7) is 15.7. The van der Waals surface area contributed by atoms with Gasteiger partial charge in [0.15, 0.2) is 5.96 Å². The van der Waals surface area contributed by atoms with Crippen molar-refractivity contribution >= 4 is 5.96 Å². The molecule has 120 valence electrons. The summed E-state index contributed by atoms with van der Waals surface area (Å²) in [5, 5.41) is 10.3. The number of nitrogens with zero attached hydrogens (tertiary/aromatic N) is 1. The van der Waals surface area contributed by atoms with Gasteiger partial charge in [-0.3, -0.25) is 4.99 Å². The number of rotatable bonds is 9. The molecule has 3 N–H and O–H groups in total. The van der Waals surface area contributed by atoms with E-state index in [1.54, 1.807) is 0 Å². The molecule has 0 heterocycles. The number of guanidine groups is 1. The van der Waals surface area contributed by atoms with Crippen molar-refractivity contribution in [3.8, 4) is 0 Å². The molecule has 0 saturated carbocycles. The van der Waals surface area contributed by atoms with Gasteiger partial charge in [-0.1, -0.05) is 26.2 Å². The van der Waals surface area contributed by atoms with E-state index in [2.05, 4.69) is 62.5 Å². The Bertz CT molecular complexity index is 256. The van der Waals surface area contributed by atoms with Gasteiger partial charge in [-0.2, -0.15) is 0 Å². The highest BCUT2D eigenvalue weighted by Gasteiger charge is 2.08. The van der Waals surface area contributed by atoms with Crippen LogP contribution in [0, 0.1) is 0 Å². The van der Waals surface area contributed by atoms with Gasteiger partial charge < -0.3 is 16.0 Å². The van der Waals surface area contributed by atoms with Crippen LogP contribution < -0.4 is 16.0 Å². The van der Waals surface area contributed by atoms with Crippen molar-refractivity contribution < 1.29 is 0 Å². The number of hydrogen-bond donors (Lipinski definition) is 3. The molecular formula is C16H36N4. The first kappa shape index (κ1) is 19.2. The second-order valence-corrected chi connectivity index (χ2v) is 6.48. The summed E-state index contributed by atoms with van der Waals surface area (Å²) in [6.07, 6.45) is 5.09. The summed E-state index contributed by atoms with van der Waals surface area (Å²) in [5.74, 6) is 0.937. The second kappa shape index (κ2) is 11.0. The van der Waals surface area contributed by atoms with Crippen LogP contribution in [0.2, 0.25) is 0 Å². The van der Waals surface area contributed by atoms with Gasteiger partial charge in [-0.05, 0) is 41.0 Å². The summed E-state index contributed by atoms with van der Waals surface area (Å²) in [7, 11) is 0. The smallest absolute Gasteiger partial charge is 0.191 e. The zero-order valence-electron chi connectivity index (χ0n) is 14.5. The molecule has 0 fully saturated rings. The third-order valence-corrected chi connectivity index (χ3v) is 3.01. The molecule has 0 spiro atoms. The van der Waals surface area contributed by atoms with Crippen LogP contribution in [0.5, 0.6) is 0 Å². The Labute approximate surface area is 126 Å². The van der Waals surface area contributed by atoms with Crippen LogP contribution >= 0.6 is 0 Å². The van der Waals surface area contributed by atoms with E-state index < -0.39 is 0 Å². The van der Waals surface area contributed by atoms with Gasteiger partial charge in [0.25, 0.3) is 0 Å². The minimum absolute atomic E-state index is 0.161. The number of nitrogens with one attached hydrogen (secondary N) is 3. The molecule has 1 atom stereocenters. The Morgan fingerprint density at radius 1 is 1.15 bits per heavy atom. The van der Waals surface area contributed by atoms with E-state index in [4.69, 9.17) is 0 Å². The molecule has 0 aromatic heterocycles. The maximum Gasteiger partial charge on any atom is 0.191 e. The van der Waals surface area contributed by atoms with E-state index in [1.165, 1.54) is 25.7 Å². The Kier molecular flexibility index (Phi) is 10.5. The molecule has 0 bridgehead atoms. The van der Waals surface area contributed by atoms with Gasteiger partial charge in [0.1, 0.15) is 0 Å². The highest BCUT2D eigenvalue weighted by Crippen LogP contribution is 2.02. The largest absolute Gasteiger partial charge is 0.357 e. The minimum atomic E-state index is 0.161. The molecule has 20 heavy (non-hydrogen) atoms. The molecule has 0 amide bonds. The highest BCUT2D eigenvalue weighted by atomic mass is 15.2. The van der Waals surface area contributed by atoms with Crippen molar-refractivity contribution in [1.29, 1.82) is 0 Å². The van der Waals surface area contributed by atoms with Gasteiger partial charge in [0.2, 0.25) is 0 Å². The van der Waals surface area contributed by atoms with E-state index in [9.17, 15) is 0 Å². The lowest BCUT2D eigenvalue weighted by Crippen LogP contribution is -2.43. The molecule has 0 rings (SSSR count). The Morgan fingerprint density at radius 3 is 2.40 bits per heavy atom. The van der Waals surface area contributed by atoms with Crippen LogP contribution in [-0.4, -0.2) is 37.2 Å². The monoisotopic (exact) mass is 284 g/mol. The quantitative estimate of drug-likeness (QED) is 0.347. The first-order chi connectivity index (χ1) is 9.39. The predicted octanol–water partition coefficient (Wildman–Crippen LogP) is 2.90. The Morgan fingerprint density at radius 2 is 1.85 bits per heavy atom.